The van der Waals surface area contributed by atoms with Crippen molar-refractivity contribution >= 4 is 17.5 Å². The minimum absolute atomic E-state index is 0.0377. The van der Waals surface area contributed by atoms with Crippen molar-refractivity contribution in [1.29, 1.82) is 0 Å². The zero-order chi connectivity index (χ0) is 21.5. The number of rotatable bonds is 5. The Morgan fingerprint density at radius 2 is 1.93 bits per heavy atom. The van der Waals surface area contributed by atoms with Crippen LogP contribution in [-0.4, -0.2) is 48.0 Å². The van der Waals surface area contributed by atoms with Crippen LogP contribution in [0.4, 0.5) is 23.2 Å². The minimum Gasteiger partial charge on any atom is -0.340 e. The van der Waals surface area contributed by atoms with Crippen molar-refractivity contribution in [2.45, 2.75) is 19.0 Å². The maximum atomic E-state index is 13.0. The highest BCUT2D eigenvalue weighted by Crippen LogP contribution is 2.35. The summed E-state index contributed by atoms with van der Waals surface area (Å²) in [5, 5.41) is 0. The zero-order valence-electron chi connectivity index (χ0n) is 16.0. The molecule has 1 saturated heterocycles. The molecule has 9 heteroatoms. The molecule has 0 bridgehead atoms. The average molecular weight is 421 g/mol. The number of carbonyl (C=O) groups is 2. The van der Waals surface area contributed by atoms with E-state index in [2.05, 4.69) is 4.98 Å². The van der Waals surface area contributed by atoms with Crippen LogP contribution in [0.1, 0.15) is 17.7 Å². The summed E-state index contributed by atoms with van der Waals surface area (Å²) in [6.45, 7) is 0.358. The van der Waals surface area contributed by atoms with Crippen LogP contribution in [0.5, 0.6) is 0 Å². The van der Waals surface area contributed by atoms with Gasteiger partial charge in [-0.15, -0.1) is 0 Å². The number of likely N-dealkylation sites (tertiary alicyclic amines) is 1. The first-order chi connectivity index (χ1) is 14.3. The predicted octanol–water partition coefficient (Wildman–Crippen LogP) is 3.47. The van der Waals surface area contributed by atoms with E-state index in [1.54, 1.807) is 11.0 Å². The van der Waals surface area contributed by atoms with E-state index in [0.717, 1.165) is 12.1 Å². The van der Waals surface area contributed by atoms with E-state index in [1.165, 1.54) is 23.2 Å². The van der Waals surface area contributed by atoms with E-state index < -0.39 is 18.4 Å². The van der Waals surface area contributed by atoms with Crippen LogP contribution in [0.2, 0.25) is 0 Å². The number of nitrogens with zero attached hydrogens (tertiary/aromatic N) is 3. The normalized spacial score (nSPS) is 16.6. The maximum Gasteiger partial charge on any atom is 0.416 e. The molecule has 3 heterocycles. The first kappa shape index (κ1) is 20.3. The highest BCUT2D eigenvalue weighted by Gasteiger charge is 2.35. The van der Waals surface area contributed by atoms with Crippen molar-refractivity contribution in [3.8, 4) is 11.1 Å². The number of halogens is 4. The van der Waals surface area contributed by atoms with Gasteiger partial charge in [0.05, 0.1) is 30.0 Å². The Balaban J connectivity index is 1.54. The molecule has 30 heavy (non-hydrogen) atoms. The van der Waals surface area contributed by atoms with Crippen molar-refractivity contribution in [2.75, 3.05) is 31.2 Å². The van der Waals surface area contributed by atoms with Gasteiger partial charge in [0, 0.05) is 24.8 Å². The van der Waals surface area contributed by atoms with Crippen LogP contribution in [0.15, 0.2) is 36.5 Å². The molecule has 0 unspecified atom stereocenters. The second-order valence-electron chi connectivity index (χ2n) is 7.57. The molecule has 1 fully saturated rings. The molecule has 4 rings (SSSR count). The first-order valence-corrected chi connectivity index (χ1v) is 9.57. The van der Waals surface area contributed by atoms with E-state index in [0.29, 0.717) is 42.0 Å². The number of aromatic nitrogens is 1. The van der Waals surface area contributed by atoms with E-state index in [1.807, 2.05) is 0 Å². The van der Waals surface area contributed by atoms with E-state index >= 15 is 0 Å². The van der Waals surface area contributed by atoms with Crippen LogP contribution < -0.4 is 4.90 Å². The van der Waals surface area contributed by atoms with E-state index in [9.17, 15) is 27.2 Å². The number of pyridine rings is 1. The third-order valence-corrected chi connectivity index (χ3v) is 5.50. The van der Waals surface area contributed by atoms with Crippen molar-refractivity contribution in [2.24, 2.45) is 5.92 Å². The van der Waals surface area contributed by atoms with Gasteiger partial charge in [0.2, 0.25) is 11.8 Å². The Morgan fingerprint density at radius 1 is 1.17 bits per heavy atom. The Hall–Kier alpha value is -2.97. The highest BCUT2D eigenvalue weighted by molar-refractivity contribution is 6.05. The summed E-state index contributed by atoms with van der Waals surface area (Å²) in [5.41, 5.74) is 0.900. The monoisotopic (exact) mass is 421 g/mol. The number of anilines is 1. The van der Waals surface area contributed by atoms with Gasteiger partial charge in [-0.3, -0.25) is 19.0 Å². The second-order valence-corrected chi connectivity index (χ2v) is 7.57. The fourth-order valence-corrected chi connectivity index (χ4v) is 3.78. The average Bonchev–Trinajstić information content (AvgIpc) is 2.98. The Bertz CT molecular complexity index is 986. The lowest BCUT2D eigenvalue weighted by molar-refractivity contribution is -0.138. The Kier molecular flexibility index (Phi) is 5.21. The molecular weight excluding hydrogens is 402 g/mol. The molecule has 0 radical (unpaired) electrons. The van der Waals surface area contributed by atoms with Crippen LogP contribution in [0.3, 0.4) is 0 Å². The van der Waals surface area contributed by atoms with Gasteiger partial charge >= 0.3 is 6.18 Å². The number of benzene rings is 1. The molecule has 2 aliphatic rings. The Labute approximate surface area is 170 Å². The van der Waals surface area contributed by atoms with Crippen molar-refractivity contribution in [1.82, 2.24) is 9.88 Å². The number of alkyl halides is 4. The molecule has 158 valence electrons. The van der Waals surface area contributed by atoms with Crippen molar-refractivity contribution in [3.63, 3.8) is 0 Å². The number of carbonyl (C=O) groups excluding carboxylic acids is 2. The lowest BCUT2D eigenvalue weighted by atomic mass is 9.97. The minimum atomic E-state index is -4.47. The summed E-state index contributed by atoms with van der Waals surface area (Å²) in [7, 11) is 0. The molecular formula is C21H19F4N3O2. The molecule has 2 amide bonds. The highest BCUT2D eigenvalue weighted by atomic mass is 19.4. The predicted molar refractivity (Wildman–Crippen MR) is 101 cm³/mol. The third kappa shape index (κ3) is 3.88. The number of hydrogen-bond acceptors (Lipinski definition) is 3. The van der Waals surface area contributed by atoms with Gasteiger partial charge in [0.1, 0.15) is 6.54 Å². The molecule has 5 nitrogen and oxygen atoms in total. The summed E-state index contributed by atoms with van der Waals surface area (Å²) in [6.07, 6.45) is -2.58. The summed E-state index contributed by atoms with van der Waals surface area (Å²) >= 11 is 0. The van der Waals surface area contributed by atoms with Gasteiger partial charge in [-0.25, -0.2) is 0 Å². The molecule has 0 aliphatic carbocycles. The molecule has 0 atom stereocenters. The summed E-state index contributed by atoms with van der Waals surface area (Å²) < 4.78 is 51.4. The Morgan fingerprint density at radius 3 is 2.63 bits per heavy atom. The maximum absolute atomic E-state index is 13.0. The van der Waals surface area contributed by atoms with Crippen molar-refractivity contribution in [3.05, 3.63) is 47.8 Å². The molecule has 2 aliphatic heterocycles. The summed E-state index contributed by atoms with van der Waals surface area (Å²) in [5.74, 6) is -0.377. The number of hydrogen-bond donors (Lipinski definition) is 0. The van der Waals surface area contributed by atoms with Crippen LogP contribution in [0, 0.1) is 5.92 Å². The van der Waals surface area contributed by atoms with Crippen LogP contribution >= 0.6 is 0 Å². The standard InChI is InChI=1S/C21H19F4N3O2/c22-5-4-13-10-27(11-13)20(30)12-28-18-7-15(9-26-17(18)8-19(28)29)14-2-1-3-16(6-14)21(23,24)25/h1-3,6-7,9,13H,4-5,8,10-12H2. The van der Waals surface area contributed by atoms with E-state index in [-0.39, 0.29) is 30.7 Å². The molecule has 0 N–H and O–H groups in total. The first-order valence-electron chi connectivity index (χ1n) is 9.57. The van der Waals surface area contributed by atoms with Crippen LogP contribution in [-0.2, 0) is 22.2 Å². The largest absolute Gasteiger partial charge is 0.416 e. The topological polar surface area (TPSA) is 53.5 Å². The molecule has 1 aromatic carbocycles. The van der Waals surface area contributed by atoms with Gasteiger partial charge in [0.15, 0.2) is 0 Å². The van der Waals surface area contributed by atoms with Gasteiger partial charge in [-0.2, -0.15) is 13.2 Å². The lowest BCUT2D eigenvalue weighted by Crippen LogP contribution is -2.53. The van der Waals surface area contributed by atoms with Gasteiger partial charge in [-0.1, -0.05) is 12.1 Å². The van der Waals surface area contributed by atoms with Crippen LogP contribution in [0.25, 0.3) is 11.1 Å². The molecule has 2 aromatic rings. The molecule has 0 saturated carbocycles. The summed E-state index contributed by atoms with van der Waals surface area (Å²) in [6, 6.07) is 6.46. The molecule has 1 aromatic heterocycles. The van der Waals surface area contributed by atoms with Gasteiger partial charge < -0.3 is 9.80 Å². The SMILES string of the molecule is O=C(CN1C(=O)Cc2ncc(-c3cccc(C(F)(F)F)c3)cc21)N1CC(CCF)C1. The second kappa shape index (κ2) is 7.70. The quantitative estimate of drug-likeness (QED) is 0.695. The fraction of sp³-hybridized carbons (Fsp3) is 0.381. The zero-order valence-corrected chi connectivity index (χ0v) is 16.0. The fourth-order valence-electron chi connectivity index (χ4n) is 3.78. The van der Waals surface area contributed by atoms with Crippen molar-refractivity contribution < 1.29 is 27.2 Å². The number of amides is 2. The molecule has 0 spiro atoms. The van der Waals surface area contributed by atoms with E-state index in [4.69, 9.17) is 0 Å². The summed E-state index contributed by atoms with van der Waals surface area (Å²) in [4.78, 5) is 32.0. The van der Waals surface area contributed by atoms with Gasteiger partial charge in [-0.05, 0) is 36.1 Å². The third-order valence-electron chi connectivity index (χ3n) is 5.50. The smallest absolute Gasteiger partial charge is 0.340 e. The number of fused-ring (bicyclic) bond motifs is 1. The lowest BCUT2D eigenvalue weighted by Gasteiger charge is -2.39. The van der Waals surface area contributed by atoms with Gasteiger partial charge in [0.25, 0.3) is 0 Å².